The number of nitrogens with zero attached hydrogens (tertiary/aromatic N) is 3. The molecule has 0 atom stereocenters. The number of nitro groups is 1. The van der Waals surface area contributed by atoms with Gasteiger partial charge in [-0.3, -0.25) is 14.5 Å². The lowest BCUT2D eigenvalue weighted by Crippen LogP contribution is -2.44. The highest BCUT2D eigenvalue weighted by atomic mass is 16.6. The molecule has 1 fully saturated rings. The molecule has 2 heterocycles. The first-order valence-electron chi connectivity index (χ1n) is 9.43. The number of hydrogen-bond donors (Lipinski definition) is 0. The number of carbonyl (C=O) groups excluding carboxylic acids is 2. The SMILES string of the molecule is CC(C)(C)C1CCC(OC(=O)CN2C(=O)COc3ccc([N+](=O)[O-])nc32)CC1. The van der Waals surface area contributed by atoms with Crippen LogP contribution in [0.2, 0.25) is 0 Å². The number of pyridine rings is 1. The smallest absolute Gasteiger partial charge is 0.366 e. The Kier molecular flexibility index (Phi) is 5.53. The Hall–Kier alpha value is -2.71. The third kappa shape index (κ3) is 4.40. The molecule has 0 saturated heterocycles. The van der Waals surface area contributed by atoms with Gasteiger partial charge in [-0.1, -0.05) is 20.8 Å². The molecule has 9 heteroatoms. The molecule has 0 unspecified atom stereocenters. The number of esters is 1. The Bertz CT molecular complexity index is 780. The fourth-order valence-corrected chi connectivity index (χ4v) is 3.73. The monoisotopic (exact) mass is 391 g/mol. The Balaban J connectivity index is 1.64. The average molecular weight is 391 g/mol. The highest BCUT2D eigenvalue weighted by Gasteiger charge is 2.35. The molecule has 1 aromatic rings. The van der Waals surface area contributed by atoms with E-state index in [1.54, 1.807) is 0 Å². The van der Waals surface area contributed by atoms with Crippen molar-refractivity contribution in [2.24, 2.45) is 11.3 Å². The second kappa shape index (κ2) is 7.73. The Morgan fingerprint density at radius 3 is 2.61 bits per heavy atom. The highest BCUT2D eigenvalue weighted by molar-refractivity contribution is 6.00. The zero-order valence-electron chi connectivity index (χ0n) is 16.3. The quantitative estimate of drug-likeness (QED) is 0.441. The summed E-state index contributed by atoms with van der Waals surface area (Å²) in [4.78, 5) is 39.9. The topological polar surface area (TPSA) is 112 Å². The molecular weight excluding hydrogens is 366 g/mol. The molecule has 0 radical (unpaired) electrons. The number of amides is 1. The van der Waals surface area contributed by atoms with Crippen LogP contribution >= 0.6 is 0 Å². The molecule has 1 amide bonds. The van der Waals surface area contributed by atoms with E-state index in [2.05, 4.69) is 25.8 Å². The standard InChI is InChI=1S/C19H25N3O6/c1-19(2,3)12-4-6-13(7-5-12)28-17(24)10-21-16(23)11-27-14-8-9-15(22(25)26)20-18(14)21/h8-9,12-13H,4-7,10-11H2,1-3H3. The predicted molar refractivity (Wildman–Crippen MR) is 100 cm³/mol. The Labute approximate surface area is 163 Å². The van der Waals surface area contributed by atoms with Gasteiger partial charge in [-0.2, -0.15) is 0 Å². The molecule has 28 heavy (non-hydrogen) atoms. The van der Waals surface area contributed by atoms with Crippen LogP contribution < -0.4 is 9.64 Å². The van der Waals surface area contributed by atoms with Crippen molar-refractivity contribution in [1.82, 2.24) is 4.98 Å². The molecule has 0 spiro atoms. The minimum Gasteiger partial charge on any atom is -0.477 e. The summed E-state index contributed by atoms with van der Waals surface area (Å²) in [6.07, 6.45) is 3.42. The van der Waals surface area contributed by atoms with Crippen molar-refractivity contribution in [2.45, 2.75) is 52.6 Å². The van der Waals surface area contributed by atoms with Crippen LogP contribution in [0.1, 0.15) is 46.5 Å². The van der Waals surface area contributed by atoms with Gasteiger partial charge in [0.15, 0.2) is 12.4 Å². The molecule has 2 aliphatic rings. The molecular formula is C19H25N3O6. The van der Waals surface area contributed by atoms with E-state index in [1.807, 2.05) is 0 Å². The van der Waals surface area contributed by atoms with E-state index in [4.69, 9.17) is 9.47 Å². The van der Waals surface area contributed by atoms with Crippen LogP contribution in [-0.2, 0) is 14.3 Å². The molecule has 1 aliphatic heterocycles. The van der Waals surface area contributed by atoms with Crippen LogP contribution in [0.4, 0.5) is 11.6 Å². The minimum atomic E-state index is -0.663. The van der Waals surface area contributed by atoms with Crippen molar-refractivity contribution in [2.75, 3.05) is 18.1 Å². The van der Waals surface area contributed by atoms with Gasteiger partial charge in [0.2, 0.25) is 0 Å². The summed E-state index contributed by atoms with van der Waals surface area (Å²) in [6.45, 7) is 6.06. The Morgan fingerprint density at radius 1 is 1.32 bits per heavy atom. The van der Waals surface area contributed by atoms with Crippen LogP contribution in [0, 0.1) is 21.4 Å². The maximum atomic E-state index is 12.4. The molecule has 0 N–H and O–H groups in total. The average Bonchev–Trinajstić information content (AvgIpc) is 2.63. The van der Waals surface area contributed by atoms with Crippen molar-refractivity contribution in [1.29, 1.82) is 0 Å². The van der Waals surface area contributed by atoms with Crippen molar-refractivity contribution >= 4 is 23.5 Å². The number of anilines is 1. The summed E-state index contributed by atoms with van der Waals surface area (Å²) in [5.74, 6) is -0.666. The van der Waals surface area contributed by atoms with E-state index in [0.29, 0.717) is 5.92 Å². The summed E-state index contributed by atoms with van der Waals surface area (Å²) in [6, 6.07) is 2.57. The number of aromatic nitrogens is 1. The molecule has 1 aliphatic carbocycles. The fraction of sp³-hybridized carbons (Fsp3) is 0.632. The summed E-state index contributed by atoms with van der Waals surface area (Å²) in [5, 5.41) is 11.0. The summed E-state index contributed by atoms with van der Waals surface area (Å²) in [5.41, 5.74) is 0.235. The van der Waals surface area contributed by atoms with Crippen LogP contribution in [0.25, 0.3) is 0 Å². The molecule has 0 bridgehead atoms. The molecule has 9 nitrogen and oxygen atoms in total. The molecule has 0 aromatic carbocycles. The zero-order valence-corrected chi connectivity index (χ0v) is 16.3. The number of ether oxygens (including phenoxy) is 2. The first kappa shape index (κ1) is 20.0. The minimum absolute atomic E-state index is 0.0289. The van der Waals surface area contributed by atoms with Gasteiger partial charge in [0.25, 0.3) is 11.7 Å². The van der Waals surface area contributed by atoms with Gasteiger partial charge in [-0.25, -0.2) is 0 Å². The molecule has 1 saturated carbocycles. The third-order valence-corrected chi connectivity index (χ3v) is 5.40. The van der Waals surface area contributed by atoms with Crippen LogP contribution in [0.15, 0.2) is 12.1 Å². The number of rotatable bonds is 4. The Morgan fingerprint density at radius 2 is 2.00 bits per heavy atom. The normalized spacial score (nSPS) is 22.2. The van der Waals surface area contributed by atoms with Crippen LogP contribution in [0.3, 0.4) is 0 Å². The lowest BCUT2D eigenvalue weighted by Gasteiger charge is -2.36. The van der Waals surface area contributed by atoms with Gasteiger partial charge in [0, 0.05) is 6.07 Å². The van der Waals surface area contributed by atoms with E-state index in [9.17, 15) is 19.7 Å². The molecule has 152 valence electrons. The van der Waals surface area contributed by atoms with Gasteiger partial charge in [0.1, 0.15) is 12.6 Å². The van der Waals surface area contributed by atoms with E-state index in [0.717, 1.165) is 30.6 Å². The fourth-order valence-electron chi connectivity index (χ4n) is 3.73. The number of hydrogen-bond acceptors (Lipinski definition) is 7. The van der Waals surface area contributed by atoms with E-state index >= 15 is 0 Å². The second-order valence-corrected chi connectivity index (χ2v) is 8.35. The van der Waals surface area contributed by atoms with Crippen molar-refractivity contribution in [3.8, 4) is 5.75 Å². The highest BCUT2D eigenvalue weighted by Crippen LogP contribution is 2.38. The van der Waals surface area contributed by atoms with Crippen LogP contribution in [-0.4, -0.2) is 41.0 Å². The number of carbonyl (C=O) groups is 2. The maximum absolute atomic E-state index is 12.4. The van der Waals surface area contributed by atoms with Crippen molar-refractivity contribution < 1.29 is 24.0 Å². The summed E-state index contributed by atoms with van der Waals surface area (Å²) >= 11 is 0. The lowest BCUT2D eigenvalue weighted by atomic mass is 9.72. The largest absolute Gasteiger partial charge is 0.477 e. The lowest BCUT2D eigenvalue weighted by molar-refractivity contribution is -0.389. The van der Waals surface area contributed by atoms with Gasteiger partial charge in [-0.05, 0) is 53.0 Å². The summed E-state index contributed by atoms with van der Waals surface area (Å²) in [7, 11) is 0. The van der Waals surface area contributed by atoms with Gasteiger partial charge < -0.3 is 19.6 Å². The second-order valence-electron chi connectivity index (χ2n) is 8.35. The predicted octanol–water partition coefficient (Wildman–Crippen LogP) is 2.86. The van der Waals surface area contributed by atoms with E-state index in [-0.39, 0.29) is 36.2 Å². The van der Waals surface area contributed by atoms with Crippen molar-refractivity contribution in [3.63, 3.8) is 0 Å². The summed E-state index contributed by atoms with van der Waals surface area (Å²) < 4.78 is 10.8. The van der Waals surface area contributed by atoms with Gasteiger partial charge in [0.05, 0.1) is 0 Å². The first-order chi connectivity index (χ1) is 13.1. The molecule has 1 aromatic heterocycles. The van der Waals surface area contributed by atoms with Crippen LogP contribution in [0.5, 0.6) is 5.75 Å². The van der Waals surface area contributed by atoms with E-state index < -0.39 is 22.6 Å². The number of fused-ring (bicyclic) bond motifs is 1. The molecule has 3 rings (SSSR count). The maximum Gasteiger partial charge on any atom is 0.366 e. The first-order valence-corrected chi connectivity index (χ1v) is 9.43. The van der Waals surface area contributed by atoms with E-state index in [1.165, 1.54) is 12.1 Å². The van der Waals surface area contributed by atoms with Crippen molar-refractivity contribution in [3.05, 3.63) is 22.2 Å². The van der Waals surface area contributed by atoms with Gasteiger partial charge >= 0.3 is 11.8 Å². The van der Waals surface area contributed by atoms with Gasteiger partial charge in [-0.15, -0.1) is 0 Å². The zero-order chi connectivity index (χ0) is 20.5. The third-order valence-electron chi connectivity index (χ3n) is 5.40.